The molecule has 0 aromatic heterocycles. The lowest BCUT2D eigenvalue weighted by atomic mass is 9.97. The van der Waals surface area contributed by atoms with Crippen molar-refractivity contribution in [2.24, 2.45) is 15.2 Å². The third-order valence-corrected chi connectivity index (χ3v) is 10.0. The summed E-state index contributed by atoms with van der Waals surface area (Å²) < 4.78 is 5.26. The Labute approximate surface area is 315 Å². The zero-order chi connectivity index (χ0) is 36.9. The van der Waals surface area contributed by atoms with Crippen molar-refractivity contribution in [3.05, 3.63) is 69.2 Å². The zero-order valence-electron chi connectivity index (χ0n) is 29.6. The van der Waals surface area contributed by atoms with Gasteiger partial charge in [-0.15, -0.1) is 0 Å². The lowest BCUT2D eigenvalue weighted by molar-refractivity contribution is -0.118. The van der Waals surface area contributed by atoms with Gasteiger partial charge in [0.05, 0.1) is 28.5 Å². The summed E-state index contributed by atoms with van der Waals surface area (Å²) in [6.07, 6.45) is 11.8. The quantitative estimate of drug-likeness (QED) is 0.0879. The molecule has 13 heteroatoms. The lowest BCUT2D eigenvalue weighted by Crippen LogP contribution is -2.36. The number of rotatable bonds is 18. The summed E-state index contributed by atoms with van der Waals surface area (Å²) >= 11 is 19.6. The minimum atomic E-state index is -1.25. The van der Waals surface area contributed by atoms with Crippen LogP contribution < -0.4 is 20.5 Å². The molecule has 0 bridgehead atoms. The zero-order valence-corrected chi connectivity index (χ0v) is 31.9. The van der Waals surface area contributed by atoms with Crippen molar-refractivity contribution in [1.29, 1.82) is 0 Å². The van der Waals surface area contributed by atoms with Crippen LogP contribution in [-0.2, 0) is 9.59 Å². The van der Waals surface area contributed by atoms with Gasteiger partial charge in [-0.3, -0.25) is 15.0 Å². The van der Waals surface area contributed by atoms with Crippen molar-refractivity contribution < 1.29 is 19.4 Å². The Kier molecular flexibility index (Phi) is 15.4. The van der Waals surface area contributed by atoms with Gasteiger partial charge in [0, 0.05) is 12.1 Å². The molecule has 51 heavy (non-hydrogen) atoms. The third kappa shape index (κ3) is 10.6. The van der Waals surface area contributed by atoms with Crippen molar-refractivity contribution in [3.8, 4) is 11.5 Å². The third-order valence-electron chi connectivity index (χ3n) is 8.88. The molecule has 0 spiro atoms. The van der Waals surface area contributed by atoms with Gasteiger partial charge >= 0.3 is 0 Å². The molecule has 4 rings (SSSR count). The number of aromatic hydroxyl groups is 1. The van der Waals surface area contributed by atoms with Crippen LogP contribution in [0, 0.1) is 0 Å². The van der Waals surface area contributed by atoms with E-state index in [1.807, 2.05) is 19.9 Å². The van der Waals surface area contributed by atoms with Crippen molar-refractivity contribution in [2.45, 2.75) is 103 Å². The second-order valence-corrected chi connectivity index (χ2v) is 13.8. The number of methoxy groups -OCH3 is 1. The Morgan fingerprint density at radius 3 is 2.33 bits per heavy atom. The van der Waals surface area contributed by atoms with Crippen LogP contribution in [0.4, 0.5) is 22.7 Å². The van der Waals surface area contributed by atoms with E-state index in [0.717, 1.165) is 31.2 Å². The molecule has 1 saturated heterocycles. The molecule has 1 heterocycles. The monoisotopic (exact) mass is 756 g/mol. The summed E-state index contributed by atoms with van der Waals surface area (Å²) in [5.41, 5.74) is 5.03. The van der Waals surface area contributed by atoms with E-state index >= 15 is 0 Å². The smallest absolute Gasteiger partial charge is 0.280 e. The number of phenolic OH excluding ortho intramolecular Hbond substituents is 1. The second kappa shape index (κ2) is 19.7. The molecule has 2 unspecified atom stereocenters. The van der Waals surface area contributed by atoms with Gasteiger partial charge in [0.1, 0.15) is 22.2 Å². The molecule has 3 aromatic rings. The number of para-hydroxylation sites is 1. The highest BCUT2D eigenvalue weighted by molar-refractivity contribution is 6.45. The Bertz CT molecular complexity index is 1730. The normalized spacial score (nSPS) is 15.8. The van der Waals surface area contributed by atoms with Gasteiger partial charge in [-0.1, -0.05) is 119 Å². The Morgan fingerprint density at radius 1 is 0.961 bits per heavy atom. The van der Waals surface area contributed by atoms with Crippen LogP contribution in [-0.4, -0.2) is 35.9 Å². The predicted molar refractivity (Wildman–Crippen MR) is 208 cm³/mol. The highest BCUT2D eigenvalue weighted by Crippen LogP contribution is 2.41. The van der Waals surface area contributed by atoms with Crippen molar-refractivity contribution in [2.75, 3.05) is 17.4 Å². The Hall–Kier alpha value is -3.86. The van der Waals surface area contributed by atoms with Crippen LogP contribution in [0.1, 0.15) is 103 Å². The van der Waals surface area contributed by atoms with E-state index in [1.165, 1.54) is 50.6 Å². The first-order valence-electron chi connectivity index (χ1n) is 17.6. The Morgan fingerprint density at radius 2 is 1.67 bits per heavy atom. The number of ether oxygens (including phenoxy) is 1. The number of benzene rings is 3. The number of carbonyl (C=O) groups excluding carboxylic acids is 2. The summed E-state index contributed by atoms with van der Waals surface area (Å²) in [6.45, 7) is 6.25. The molecule has 274 valence electrons. The topological polar surface area (TPSA) is 128 Å². The van der Waals surface area contributed by atoms with E-state index in [-0.39, 0.29) is 49.9 Å². The SMILES string of the molecule is CCCCCCCCCCCC(=O)Nc1ccc(N=C2NN(c3ccc(OC)c(Cl)c3Cl)C(=O)C2N=Nc2cccc(C(C)CC)c2O)c(Cl)c1. The molecule has 10 nitrogen and oxygen atoms in total. The number of hydrazine groups is 1. The summed E-state index contributed by atoms with van der Waals surface area (Å²) in [6, 6.07) is 12.1. The fourth-order valence-corrected chi connectivity index (χ4v) is 6.38. The van der Waals surface area contributed by atoms with E-state index in [4.69, 9.17) is 39.5 Å². The van der Waals surface area contributed by atoms with Crippen LogP contribution in [0.5, 0.6) is 11.5 Å². The number of hydrogen-bond acceptors (Lipinski definition) is 7. The minimum Gasteiger partial charge on any atom is -0.505 e. The fourth-order valence-electron chi connectivity index (χ4n) is 5.68. The van der Waals surface area contributed by atoms with Gasteiger partial charge in [0.25, 0.3) is 5.91 Å². The maximum Gasteiger partial charge on any atom is 0.280 e. The van der Waals surface area contributed by atoms with E-state index in [0.29, 0.717) is 23.5 Å². The molecule has 1 fully saturated rings. The number of anilines is 2. The van der Waals surface area contributed by atoms with Gasteiger partial charge < -0.3 is 15.2 Å². The number of aliphatic imine (C=N–C) groups is 1. The molecule has 0 saturated carbocycles. The largest absolute Gasteiger partial charge is 0.505 e. The molecule has 3 aromatic carbocycles. The summed E-state index contributed by atoms with van der Waals surface area (Å²) in [4.78, 5) is 31.1. The second-order valence-electron chi connectivity index (χ2n) is 12.6. The van der Waals surface area contributed by atoms with Gasteiger partial charge in [0.15, 0.2) is 5.84 Å². The van der Waals surface area contributed by atoms with E-state index in [1.54, 1.807) is 42.5 Å². The predicted octanol–water partition coefficient (Wildman–Crippen LogP) is 11.5. The molecule has 0 aliphatic carbocycles. The van der Waals surface area contributed by atoms with E-state index < -0.39 is 11.9 Å². The van der Waals surface area contributed by atoms with Gasteiger partial charge in [-0.05, 0) is 60.7 Å². The van der Waals surface area contributed by atoms with Crippen LogP contribution in [0.3, 0.4) is 0 Å². The molecular weight excluding hydrogens is 711 g/mol. The molecule has 2 atom stereocenters. The Balaban J connectivity index is 1.52. The highest BCUT2D eigenvalue weighted by atomic mass is 35.5. The summed E-state index contributed by atoms with van der Waals surface area (Å²) in [5, 5.41) is 24.1. The first kappa shape index (κ1) is 39.9. The minimum absolute atomic E-state index is 0.00665. The number of nitrogens with one attached hydrogen (secondary N) is 2. The van der Waals surface area contributed by atoms with Gasteiger partial charge in [-0.2, -0.15) is 10.2 Å². The molecule has 1 aliphatic rings. The number of nitrogens with zero attached hydrogens (tertiary/aromatic N) is 4. The maximum absolute atomic E-state index is 13.9. The number of hydrogen-bond donors (Lipinski definition) is 3. The van der Waals surface area contributed by atoms with Crippen LogP contribution >= 0.6 is 34.8 Å². The molecule has 0 radical (unpaired) electrons. The fraction of sp³-hybridized carbons (Fsp3) is 0.447. The number of amides is 2. The van der Waals surface area contributed by atoms with E-state index in [2.05, 4.69) is 32.9 Å². The van der Waals surface area contributed by atoms with Crippen molar-refractivity contribution in [1.82, 2.24) is 5.43 Å². The standard InChI is InChI=1S/C38H47Cl3N6O4/c1-5-7-8-9-10-11-12-13-14-18-32(48)42-25-19-20-28(27(39)23-25)43-37-35(45-44-29-17-15-16-26(36(29)49)24(3)6-2)38(50)47(46-37)30-21-22-31(51-4)34(41)33(30)40/h15-17,19-24,35,49H,5-14,18H2,1-4H3,(H,42,48)(H,43,46). The molecular formula is C38H47Cl3N6O4. The maximum atomic E-state index is 13.9. The number of halogens is 3. The number of azo groups is 1. The van der Waals surface area contributed by atoms with E-state index in [9.17, 15) is 14.7 Å². The van der Waals surface area contributed by atoms with Crippen LogP contribution in [0.25, 0.3) is 0 Å². The number of unbranched alkanes of at least 4 members (excludes halogenated alkanes) is 8. The summed E-state index contributed by atoms with van der Waals surface area (Å²) in [5.74, 6) is -0.0980. The molecule has 3 N–H and O–H groups in total. The average Bonchev–Trinajstić information content (AvgIpc) is 3.42. The summed E-state index contributed by atoms with van der Waals surface area (Å²) in [7, 11) is 1.46. The van der Waals surface area contributed by atoms with Crippen LogP contribution in [0.15, 0.2) is 63.8 Å². The number of amidine groups is 1. The highest BCUT2D eigenvalue weighted by Gasteiger charge is 2.40. The van der Waals surface area contributed by atoms with Gasteiger partial charge in [0.2, 0.25) is 11.9 Å². The molecule has 2 amide bonds. The number of carbonyl (C=O) groups is 2. The molecule has 1 aliphatic heterocycles. The van der Waals surface area contributed by atoms with Crippen molar-refractivity contribution >= 4 is 75.2 Å². The number of phenols is 1. The van der Waals surface area contributed by atoms with Gasteiger partial charge in [-0.25, -0.2) is 10.0 Å². The first-order valence-corrected chi connectivity index (χ1v) is 18.8. The first-order chi connectivity index (χ1) is 24.6. The van der Waals surface area contributed by atoms with Crippen molar-refractivity contribution in [3.63, 3.8) is 0 Å². The van der Waals surface area contributed by atoms with Crippen LogP contribution in [0.2, 0.25) is 15.1 Å². The lowest BCUT2D eigenvalue weighted by Gasteiger charge is -2.18. The average molecular weight is 758 g/mol.